The van der Waals surface area contributed by atoms with E-state index in [1.807, 2.05) is 43.4 Å². The number of ether oxygens (including phenoxy) is 1. The van der Waals surface area contributed by atoms with E-state index in [4.69, 9.17) is 9.72 Å². The molecule has 8 nitrogen and oxygen atoms in total. The average Bonchev–Trinajstić information content (AvgIpc) is 2.85. The molecule has 1 aliphatic rings. The third kappa shape index (κ3) is 4.00. The van der Waals surface area contributed by atoms with E-state index in [0.717, 1.165) is 60.1 Å². The van der Waals surface area contributed by atoms with Gasteiger partial charge in [-0.1, -0.05) is 0 Å². The quantitative estimate of drug-likeness (QED) is 0.447. The van der Waals surface area contributed by atoms with Crippen LogP contribution in [-0.2, 0) is 4.74 Å². The molecule has 0 radical (unpaired) electrons. The summed E-state index contributed by atoms with van der Waals surface area (Å²) >= 11 is 0. The first-order valence-corrected chi connectivity index (χ1v) is 10.6. The number of fused-ring (bicyclic) bond motifs is 1. The smallest absolute Gasteiger partial charge is 0.259 e. The van der Waals surface area contributed by atoms with Crippen molar-refractivity contribution >= 4 is 33.8 Å². The monoisotopic (exact) mass is 428 g/mol. The van der Waals surface area contributed by atoms with E-state index in [1.54, 1.807) is 12.4 Å². The Morgan fingerprint density at radius 2 is 1.88 bits per heavy atom. The van der Waals surface area contributed by atoms with Gasteiger partial charge in [0.25, 0.3) is 5.56 Å². The molecule has 0 spiro atoms. The van der Waals surface area contributed by atoms with E-state index in [2.05, 4.69) is 37.6 Å². The fourth-order valence-electron chi connectivity index (χ4n) is 3.86. The number of anilines is 4. The summed E-state index contributed by atoms with van der Waals surface area (Å²) in [5, 5.41) is 7.69. The summed E-state index contributed by atoms with van der Waals surface area (Å²) in [7, 11) is 1.83. The zero-order chi connectivity index (χ0) is 21.9. The number of nitrogens with one attached hydrogen (secondary N) is 3. The van der Waals surface area contributed by atoms with Crippen LogP contribution >= 0.6 is 0 Å². The zero-order valence-corrected chi connectivity index (χ0v) is 17.8. The number of pyridine rings is 3. The molecule has 4 heterocycles. The standard InChI is InChI=1S/C24H24N6O2/c1-25-21-7-2-17(15-27-21)20-14-16-8-9-26-24(31)22(16)23(29-20)28-18-3-5-19(6-4-18)30-10-12-32-13-11-30/h2-9,14-15H,10-13H2,1H3,(H,25,27)(H,26,31)(H,28,29). The van der Waals surface area contributed by atoms with Gasteiger partial charge in [0, 0.05) is 49.5 Å². The Kier molecular flexibility index (Phi) is 5.43. The summed E-state index contributed by atoms with van der Waals surface area (Å²) in [4.78, 5) is 26.8. The van der Waals surface area contributed by atoms with Gasteiger partial charge in [0.1, 0.15) is 11.6 Å². The minimum absolute atomic E-state index is 0.183. The highest BCUT2D eigenvalue weighted by atomic mass is 16.5. The van der Waals surface area contributed by atoms with Crippen LogP contribution in [0.3, 0.4) is 0 Å². The van der Waals surface area contributed by atoms with Gasteiger partial charge >= 0.3 is 0 Å². The summed E-state index contributed by atoms with van der Waals surface area (Å²) in [6.45, 7) is 3.26. The third-order valence-electron chi connectivity index (χ3n) is 5.58. The summed E-state index contributed by atoms with van der Waals surface area (Å²) in [5.41, 5.74) is 3.44. The van der Waals surface area contributed by atoms with Crippen LogP contribution in [0.15, 0.2) is 65.7 Å². The Bertz CT molecular complexity index is 1280. The summed E-state index contributed by atoms with van der Waals surface area (Å²) in [5.74, 6) is 1.29. The van der Waals surface area contributed by atoms with Crippen molar-refractivity contribution in [3.05, 3.63) is 71.3 Å². The molecule has 0 amide bonds. The number of rotatable bonds is 5. The molecule has 8 heteroatoms. The molecule has 0 aliphatic carbocycles. The number of morpholine rings is 1. The van der Waals surface area contributed by atoms with Crippen LogP contribution in [-0.4, -0.2) is 48.3 Å². The first-order chi connectivity index (χ1) is 15.7. The van der Waals surface area contributed by atoms with E-state index >= 15 is 0 Å². The minimum atomic E-state index is -0.183. The molecule has 4 aromatic rings. The largest absolute Gasteiger partial charge is 0.378 e. The molecule has 3 N–H and O–H groups in total. The van der Waals surface area contributed by atoms with Crippen molar-refractivity contribution in [1.29, 1.82) is 0 Å². The van der Waals surface area contributed by atoms with Crippen LogP contribution in [0.2, 0.25) is 0 Å². The van der Waals surface area contributed by atoms with E-state index in [9.17, 15) is 4.79 Å². The van der Waals surface area contributed by atoms with E-state index in [1.165, 1.54) is 0 Å². The molecule has 32 heavy (non-hydrogen) atoms. The van der Waals surface area contributed by atoms with Crippen molar-refractivity contribution in [1.82, 2.24) is 15.0 Å². The molecule has 0 saturated carbocycles. The maximum absolute atomic E-state index is 12.6. The highest BCUT2D eigenvalue weighted by Gasteiger charge is 2.13. The normalized spacial score (nSPS) is 13.8. The van der Waals surface area contributed by atoms with E-state index in [-0.39, 0.29) is 5.56 Å². The van der Waals surface area contributed by atoms with E-state index in [0.29, 0.717) is 11.2 Å². The van der Waals surface area contributed by atoms with Gasteiger partial charge in [-0.15, -0.1) is 0 Å². The van der Waals surface area contributed by atoms with Gasteiger partial charge in [-0.2, -0.15) is 0 Å². The van der Waals surface area contributed by atoms with Crippen LogP contribution in [0.1, 0.15) is 0 Å². The number of benzene rings is 1. The lowest BCUT2D eigenvalue weighted by Gasteiger charge is -2.28. The lowest BCUT2D eigenvalue weighted by Crippen LogP contribution is -2.36. The molecular formula is C24H24N6O2. The minimum Gasteiger partial charge on any atom is -0.378 e. The van der Waals surface area contributed by atoms with Crippen molar-refractivity contribution in [2.75, 3.05) is 48.9 Å². The summed E-state index contributed by atoms with van der Waals surface area (Å²) in [6, 6.07) is 15.8. The van der Waals surface area contributed by atoms with Crippen LogP contribution < -0.4 is 21.1 Å². The number of aromatic amines is 1. The van der Waals surface area contributed by atoms with Gasteiger partial charge in [-0.3, -0.25) is 4.79 Å². The van der Waals surface area contributed by atoms with Crippen molar-refractivity contribution in [2.45, 2.75) is 0 Å². The lowest BCUT2D eigenvalue weighted by molar-refractivity contribution is 0.122. The highest BCUT2D eigenvalue weighted by molar-refractivity contribution is 5.95. The molecule has 1 aliphatic heterocycles. The predicted molar refractivity (Wildman–Crippen MR) is 128 cm³/mol. The Morgan fingerprint density at radius 1 is 1.06 bits per heavy atom. The van der Waals surface area contributed by atoms with Crippen molar-refractivity contribution in [2.24, 2.45) is 0 Å². The van der Waals surface area contributed by atoms with E-state index < -0.39 is 0 Å². The molecule has 5 rings (SSSR count). The fraction of sp³-hybridized carbons (Fsp3) is 0.208. The second-order valence-electron chi connectivity index (χ2n) is 7.58. The van der Waals surface area contributed by atoms with Crippen molar-refractivity contribution in [3.8, 4) is 11.3 Å². The second-order valence-corrected chi connectivity index (χ2v) is 7.58. The van der Waals surface area contributed by atoms with Gasteiger partial charge < -0.3 is 25.3 Å². The van der Waals surface area contributed by atoms with Gasteiger partial charge in [-0.05, 0) is 53.9 Å². The Hall–Kier alpha value is -3.91. The molecule has 3 aromatic heterocycles. The maximum atomic E-state index is 12.6. The predicted octanol–water partition coefficient (Wildman–Crippen LogP) is 3.61. The third-order valence-corrected chi connectivity index (χ3v) is 5.58. The molecular weight excluding hydrogens is 404 g/mol. The zero-order valence-electron chi connectivity index (χ0n) is 17.8. The molecule has 1 aromatic carbocycles. The average molecular weight is 428 g/mol. The van der Waals surface area contributed by atoms with Crippen LogP contribution in [0, 0.1) is 0 Å². The van der Waals surface area contributed by atoms with Crippen LogP contribution in [0.25, 0.3) is 22.0 Å². The number of hydrogen-bond acceptors (Lipinski definition) is 7. The fourth-order valence-corrected chi connectivity index (χ4v) is 3.86. The van der Waals surface area contributed by atoms with Gasteiger partial charge in [0.15, 0.2) is 0 Å². The van der Waals surface area contributed by atoms with Crippen LogP contribution in [0.4, 0.5) is 23.0 Å². The Labute approximate surface area is 185 Å². The SMILES string of the molecule is CNc1ccc(-c2cc3cc[nH]c(=O)c3c(Nc3ccc(N4CCOCC4)cc3)n2)cn1. The number of H-pyrrole nitrogens is 1. The molecule has 0 atom stereocenters. The summed E-state index contributed by atoms with van der Waals surface area (Å²) in [6.07, 6.45) is 3.42. The molecule has 1 saturated heterocycles. The topological polar surface area (TPSA) is 95.2 Å². The molecule has 1 fully saturated rings. The van der Waals surface area contributed by atoms with Crippen LogP contribution in [0.5, 0.6) is 0 Å². The second kappa shape index (κ2) is 8.68. The Morgan fingerprint density at radius 3 is 2.59 bits per heavy atom. The highest BCUT2D eigenvalue weighted by Crippen LogP contribution is 2.28. The maximum Gasteiger partial charge on any atom is 0.259 e. The van der Waals surface area contributed by atoms with Gasteiger partial charge in [0.05, 0.1) is 24.3 Å². The number of nitrogens with zero attached hydrogens (tertiary/aromatic N) is 3. The molecule has 0 unspecified atom stereocenters. The Balaban J connectivity index is 1.51. The lowest BCUT2D eigenvalue weighted by atomic mass is 10.1. The van der Waals surface area contributed by atoms with Gasteiger partial charge in [-0.25, -0.2) is 9.97 Å². The molecule has 162 valence electrons. The molecule has 0 bridgehead atoms. The number of aromatic nitrogens is 3. The number of hydrogen-bond donors (Lipinski definition) is 3. The van der Waals surface area contributed by atoms with Crippen molar-refractivity contribution < 1.29 is 4.74 Å². The van der Waals surface area contributed by atoms with Crippen molar-refractivity contribution in [3.63, 3.8) is 0 Å². The summed E-state index contributed by atoms with van der Waals surface area (Å²) < 4.78 is 5.43. The first-order valence-electron chi connectivity index (χ1n) is 10.6. The first kappa shape index (κ1) is 20.0. The van der Waals surface area contributed by atoms with Gasteiger partial charge in [0.2, 0.25) is 0 Å².